The van der Waals surface area contributed by atoms with Gasteiger partial charge in [-0.15, -0.1) is 0 Å². The summed E-state index contributed by atoms with van der Waals surface area (Å²) in [5, 5.41) is 3.20. The van der Waals surface area contributed by atoms with Gasteiger partial charge in [-0.3, -0.25) is 4.79 Å². The SMILES string of the molecule is Cc1cc(C(=O)NC(c2ccccc2)C2CC2)ccc1Br. The van der Waals surface area contributed by atoms with E-state index in [-0.39, 0.29) is 11.9 Å². The lowest BCUT2D eigenvalue weighted by Gasteiger charge is -2.19. The van der Waals surface area contributed by atoms with Crippen molar-refractivity contribution in [3.8, 4) is 0 Å². The van der Waals surface area contributed by atoms with Crippen LogP contribution in [0.3, 0.4) is 0 Å². The first-order valence-corrected chi connectivity index (χ1v) is 8.06. The molecular formula is C18H18BrNO. The summed E-state index contributed by atoms with van der Waals surface area (Å²) in [6.07, 6.45) is 2.39. The van der Waals surface area contributed by atoms with Gasteiger partial charge in [0.15, 0.2) is 0 Å². The van der Waals surface area contributed by atoms with Gasteiger partial charge in [0.05, 0.1) is 6.04 Å². The Bertz CT molecular complexity index is 650. The molecule has 2 aromatic rings. The van der Waals surface area contributed by atoms with Gasteiger partial charge in [-0.1, -0.05) is 46.3 Å². The third-order valence-electron chi connectivity index (χ3n) is 3.96. The minimum Gasteiger partial charge on any atom is -0.345 e. The van der Waals surface area contributed by atoms with Crippen molar-refractivity contribution >= 4 is 21.8 Å². The van der Waals surface area contributed by atoms with Gasteiger partial charge in [0.2, 0.25) is 0 Å². The highest BCUT2D eigenvalue weighted by Gasteiger charge is 2.33. The summed E-state index contributed by atoms with van der Waals surface area (Å²) >= 11 is 3.47. The molecule has 2 aromatic carbocycles. The van der Waals surface area contributed by atoms with E-state index in [4.69, 9.17) is 0 Å². The normalized spacial score (nSPS) is 15.5. The van der Waals surface area contributed by atoms with Crippen molar-refractivity contribution in [2.24, 2.45) is 5.92 Å². The molecule has 1 saturated carbocycles. The molecule has 2 nitrogen and oxygen atoms in total. The molecule has 21 heavy (non-hydrogen) atoms. The van der Waals surface area contributed by atoms with Gasteiger partial charge in [-0.2, -0.15) is 0 Å². The first kappa shape index (κ1) is 14.3. The fourth-order valence-electron chi connectivity index (χ4n) is 2.57. The van der Waals surface area contributed by atoms with Crippen molar-refractivity contribution < 1.29 is 4.79 Å². The maximum atomic E-state index is 12.5. The van der Waals surface area contributed by atoms with Gasteiger partial charge < -0.3 is 5.32 Å². The Labute approximate surface area is 133 Å². The third-order valence-corrected chi connectivity index (χ3v) is 4.85. The molecule has 1 aliphatic rings. The molecule has 108 valence electrons. The van der Waals surface area contributed by atoms with Crippen molar-refractivity contribution in [3.05, 3.63) is 69.7 Å². The molecule has 1 unspecified atom stereocenters. The van der Waals surface area contributed by atoms with Crippen LogP contribution in [0, 0.1) is 12.8 Å². The number of amides is 1. The number of nitrogens with one attached hydrogen (secondary N) is 1. The molecule has 1 aliphatic carbocycles. The van der Waals surface area contributed by atoms with Crippen molar-refractivity contribution in [2.45, 2.75) is 25.8 Å². The third kappa shape index (κ3) is 3.35. The first-order valence-electron chi connectivity index (χ1n) is 7.27. The van der Waals surface area contributed by atoms with Crippen molar-refractivity contribution in [3.63, 3.8) is 0 Å². The largest absolute Gasteiger partial charge is 0.345 e. The quantitative estimate of drug-likeness (QED) is 0.860. The zero-order valence-corrected chi connectivity index (χ0v) is 13.6. The summed E-state index contributed by atoms with van der Waals surface area (Å²) in [4.78, 5) is 12.5. The lowest BCUT2D eigenvalue weighted by molar-refractivity contribution is 0.0931. The van der Waals surface area contributed by atoms with E-state index in [1.165, 1.54) is 18.4 Å². The average molecular weight is 344 g/mol. The van der Waals surface area contributed by atoms with Crippen LogP contribution in [0.2, 0.25) is 0 Å². The van der Waals surface area contributed by atoms with Crippen LogP contribution >= 0.6 is 15.9 Å². The molecular weight excluding hydrogens is 326 g/mol. The number of hydrogen-bond acceptors (Lipinski definition) is 1. The molecule has 1 atom stereocenters. The minimum atomic E-state index is 0.00588. The first-order chi connectivity index (χ1) is 10.1. The molecule has 3 heteroatoms. The van der Waals surface area contributed by atoms with Gasteiger partial charge in [0.25, 0.3) is 5.91 Å². The summed E-state index contributed by atoms with van der Waals surface area (Å²) in [5.74, 6) is 0.583. The van der Waals surface area contributed by atoms with Crippen molar-refractivity contribution in [1.29, 1.82) is 0 Å². The highest BCUT2D eigenvalue weighted by molar-refractivity contribution is 9.10. The predicted molar refractivity (Wildman–Crippen MR) is 88.3 cm³/mol. The summed E-state index contributed by atoms with van der Waals surface area (Å²) in [5.41, 5.74) is 2.99. The molecule has 0 spiro atoms. The summed E-state index contributed by atoms with van der Waals surface area (Å²) in [6, 6.07) is 16.1. The number of hydrogen-bond donors (Lipinski definition) is 1. The van der Waals surface area contributed by atoms with Gasteiger partial charge in [-0.25, -0.2) is 0 Å². The molecule has 1 N–H and O–H groups in total. The van der Waals surface area contributed by atoms with Crippen LogP contribution in [0.4, 0.5) is 0 Å². The Morgan fingerprint density at radius 3 is 2.52 bits per heavy atom. The fourth-order valence-corrected chi connectivity index (χ4v) is 2.82. The zero-order chi connectivity index (χ0) is 14.8. The van der Waals surface area contributed by atoms with E-state index in [0.717, 1.165) is 15.6 Å². The molecule has 3 rings (SSSR count). The molecule has 1 amide bonds. The van der Waals surface area contributed by atoms with Gasteiger partial charge >= 0.3 is 0 Å². The Morgan fingerprint density at radius 2 is 1.90 bits per heavy atom. The fraction of sp³-hybridized carbons (Fsp3) is 0.278. The Kier molecular flexibility index (Phi) is 4.11. The van der Waals surface area contributed by atoms with E-state index in [9.17, 15) is 4.79 Å². The molecule has 0 bridgehead atoms. The standard InChI is InChI=1S/C18H18BrNO/c1-12-11-15(9-10-16(12)19)18(21)20-17(14-7-8-14)13-5-3-2-4-6-13/h2-6,9-11,14,17H,7-8H2,1H3,(H,20,21). The molecule has 0 aromatic heterocycles. The highest BCUT2D eigenvalue weighted by atomic mass is 79.9. The zero-order valence-electron chi connectivity index (χ0n) is 12.0. The maximum absolute atomic E-state index is 12.5. The number of carbonyl (C=O) groups excluding carboxylic acids is 1. The number of halogens is 1. The lowest BCUT2D eigenvalue weighted by atomic mass is 10.0. The van der Waals surface area contributed by atoms with Crippen LogP contribution in [0.5, 0.6) is 0 Å². The molecule has 0 saturated heterocycles. The van der Waals surface area contributed by atoms with Crippen LogP contribution in [0.1, 0.15) is 40.4 Å². The number of rotatable bonds is 4. The number of aryl methyl sites for hydroxylation is 1. The van der Waals surface area contributed by atoms with Crippen LogP contribution in [0.25, 0.3) is 0 Å². The van der Waals surface area contributed by atoms with Gasteiger partial charge in [0, 0.05) is 10.0 Å². The summed E-state index contributed by atoms with van der Waals surface area (Å²) in [7, 11) is 0. The Balaban J connectivity index is 1.79. The second-order valence-electron chi connectivity index (χ2n) is 5.66. The maximum Gasteiger partial charge on any atom is 0.251 e. The number of benzene rings is 2. The minimum absolute atomic E-state index is 0.00588. The van der Waals surface area contributed by atoms with Crippen molar-refractivity contribution in [1.82, 2.24) is 5.32 Å². The van der Waals surface area contributed by atoms with E-state index in [2.05, 4.69) is 33.4 Å². The molecule has 0 radical (unpaired) electrons. The smallest absolute Gasteiger partial charge is 0.251 e. The van der Waals surface area contributed by atoms with Crippen LogP contribution in [-0.4, -0.2) is 5.91 Å². The van der Waals surface area contributed by atoms with Crippen LogP contribution in [-0.2, 0) is 0 Å². The van der Waals surface area contributed by atoms with Crippen LogP contribution < -0.4 is 5.32 Å². The lowest BCUT2D eigenvalue weighted by Crippen LogP contribution is -2.29. The number of carbonyl (C=O) groups is 1. The molecule has 0 heterocycles. The molecule has 0 aliphatic heterocycles. The Morgan fingerprint density at radius 1 is 1.19 bits per heavy atom. The van der Waals surface area contributed by atoms with E-state index in [1.54, 1.807) is 0 Å². The molecule has 1 fully saturated rings. The van der Waals surface area contributed by atoms with E-state index >= 15 is 0 Å². The monoisotopic (exact) mass is 343 g/mol. The van der Waals surface area contributed by atoms with E-state index in [1.807, 2.05) is 43.3 Å². The van der Waals surface area contributed by atoms with Gasteiger partial charge in [0.1, 0.15) is 0 Å². The second-order valence-corrected chi connectivity index (χ2v) is 6.52. The topological polar surface area (TPSA) is 29.1 Å². The van der Waals surface area contributed by atoms with E-state index in [0.29, 0.717) is 5.92 Å². The second kappa shape index (κ2) is 6.02. The van der Waals surface area contributed by atoms with Crippen LogP contribution in [0.15, 0.2) is 53.0 Å². The summed E-state index contributed by atoms with van der Waals surface area (Å²) in [6.45, 7) is 2.00. The van der Waals surface area contributed by atoms with E-state index < -0.39 is 0 Å². The highest BCUT2D eigenvalue weighted by Crippen LogP contribution is 2.41. The average Bonchev–Trinajstić information content (AvgIpc) is 3.33. The van der Waals surface area contributed by atoms with Gasteiger partial charge in [-0.05, 0) is 55.0 Å². The summed E-state index contributed by atoms with van der Waals surface area (Å²) < 4.78 is 1.03. The Hall–Kier alpha value is -1.61. The predicted octanol–water partition coefficient (Wildman–Crippen LogP) is 4.64. The van der Waals surface area contributed by atoms with Crippen molar-refractivity contribution in [2.75, 3.05) is 0 Å².